The average Bonchev–Trinajstić information content (AvgIpc) is 3.33. The number of benzene rings is 3. The molecule has 6 nitrogen and oxygen atoms in total. The third-order valence-electron chi connectivity index (χ3n) is 4.93. The van der Waals surface area contributed by atoms with Crippen LogP contribution in [-0.2, 0) is 14.3 Å². The Morgan fingerprint density at radius 1 is 0.848 bits per heavy atom. The molecule has 0 saturated heterocycles. The summed E-state index contributed by atoms with van der Waals surface area (Å²) in [5, 5.41) is 2.80. The van der Waals surface area contributed by atoms with Gasteiger partial charge in [-0.3, -0.25) is 4.79 Å². The van der Waals surface area contributed by atoms with Crippen LogP contribution in [-0.4, -0.2) is 25.2 Å². The van der Waals surface area contributed by atoms with E-state index in [4.69, 9.17) is 14.2 Å². The fraction of sp³-hybridized carbons (Fsp3) is 0.111. The highest BCUT2D eigenvalue weighted by atomic mass is 16.7. The molecule has 6 heteroatoms. The van der Waals surface area contributed by atoms with Gasteiger partial charge in [0.1, 0.15) is 6.10 Å². The van der Waals surface area contributed by atoms with Crippen LogP contribution >= 0.6 is 0 Å². The van der Waals surface area contributed by atoms with Crippen molar-refractivity contribution in [3.63, 3.8) is 0 Å². The number of rotatable bonds is 8. The summed E-state index contributed by atoms with van der Waals surface area (Å²) >= 11 is 0. The van der Waals surface area contributed by atoms with Crippen molar-refractivity contribution in [1.29, 1.82) is 0 Å². The van der Waals surface area contributed by atoms with E-state index in [-0.39, 0.29) is 19.2 Å². The van der Waals surface area contributed by atoms with Gasteiger partial charge in [-0.25, -0.2) is 4.79 Å². The van der Waals surface area contributed by atoms with E-state index >= 15 is 0 Å². The minimum absolute atomic E-state index is 0.0997. The average molecular weight is 441 g/mol. The zero-order valence-electron chi connectivity index (χ0n) is 17.8. The van der Waals surface area contributed by atoms with Gasteiger partial charge in [0.15, 0.2) is 11.5 Å². The molecule has 0 saturated carbocycles. The summed E-state index contributed by atoms with van der Waals surface area (Å²) < 4.78 is 16.5. The second-order valence-corrected chi connectivity index (χ2v) is 7.27. The van der Waals surface area contributed by atoms with E-state index in [1.54, 1.807) is 30.4 Å². The lowest BCUT2D eigenvalue weighted by Crippen LogP contribution is -2.29. The molecular formula is C27H23NO5. The van der Waals surface area contributed by atoms with Crippen LogP contribution < -0.4 is 14.8 Å². The molecule has 0 bridgehead atoms. The zero-order chi connectivity index (χ0) is 22.9. The summed E-state index contributed by atoms with van der Waals surface area (Å²) in [6, 6.07) is 24.3. The lowest BCUT2D eigenvalue weighted by Gasteiger charge is -2.18. The molecule has 4 rings (SSSR count). The van der Waals surface area contributed by atoms with Crippen LogP contribution in [0.5, 0.6) is 11.5 Å². The summed E-state index contributed by atoms with van der Waals surface area (Å²) in [7, 11) is 0. The summed E-state index contributed by atoms with van der Waals surface area (Å²) in [6.07, 6.45) is 5.51. The Morgan fingerprint density at radius 2 is 1.48 bits per heavy atom. The van der Waals surface area contributed by atoms with Gasteiger partial charge in [-0.15, -0.1) is 0 Å². The first-order chi connectivity index (χ1) is 16.2. The number of carbonyl (C=O) groups excluding carboxylic acids is 2. The van der Waals surface area contributed by atoms with Gasteiger partial charge in [0, 0.05) is 12.2 Å². The first-order valence-electron chi connectivity index (χ1n) is 10.5. The zero-order valence-corrected chi connectivity index (χ0v) is 17.8. The third kappa shape index (κ3) is 6.33. The van der Waals surface area contributed by atoms with Crippen molar-refractivity contribution in [3.8, 4) is 11.5 Å². The van der Waals surface area contributed by atoms with E-state index in [1.807, 2.05) is 60.7 Å². The second-order valence-electron chi connectivity index (χ2n) is 7.27. The van der Waals surface area contributed by atoms with Gasteiger partial charge in [0.25, 0.3) is 0 Å². The van der Waals surface area contributed by atoms with Crippen LogP contribution in [0.1, 0.15) is 22.8 Å². The van der Waals surface area contributed by atoms with Crippen LogP contribution in [0.4, 0.5) is 0 Å². The van der Waals surface area contributed by atoms with Gasteiger partial charge in [0.05, 0.1) is 6.54 Å². The van der Waals surface area contributed by atoms with E-state index in [0.29, 0.717) is 17.1 Å². The van der Waals surface area contributed by atoms with E-state index in [2.05, 4.69) is 5.32 Å². The SMILES string of the molecule is O=C(C=Cc1ccccc1)NC[C@@H](OC(=O)C=Cc1ccccc1)c1ccc2c(c1)OCO2. The second kappa shape index (κ2) is 10.8. The minimum Gasteiger partial charge on any atom is -0.454 e. The van der Waals surface area contributed by atoms with Gasteiger partial charge >= 0.3 is 5.97 Å². The van der Waals surface area contributed by atoms with E-state index in [9.17, 15) is 9.59 Å². The quantitative estimate of drug-likeness (QED) is 0.410. The summed E-state index contributed by atoms with van der Waals surface area (Å²) in [4.78, 5) is 24.8. The Labute approximate surface area is 192 Å². The molecule has 1 aliphatic heterocycles. The molecule has 0 radical (unpaired) electrons. The lowest BCUT2D eigenvalue weighted by atomic mass is 10.1. The molecule has 0 unspecified atom stereocenters. The van der Waals surface area contributed by atoms with Gasteiger partial charge < -0.3 is 19.5 Å². The molecule has 1 amide bonds. The molecule has 1 aliphatic rings. The molecular weight excluding hydrogens is 418 g/mol. The minimum atomic E-state index is -0.707. The number of hydrogen-bond donors (Lipinski definition) is 1. The monoisotopic (exact) mass is 441 g/mol. The highest BCUT2D eigenvalue weighted by Crippen LogP contribution is 2.35. The van der Waals surface area contributed by atoms with Gasteiger partial charge in [0.2, 0.25) is 12.7 Å². The number of ether oxygens (including phenoxy) is 3. The number of esters is 1. The summed E-state index contributed by atoms with van der Waals surface area (Å²) in [6.45, 7) is 0.243. The van der Waals surface area contributed by atoms with Crippen molar-refractivity contribution in [3.05, 3.63) is 108 Å². The standard InChI is InChI=1S/C27H23NO5/c29-26(15-11-20-7-3-1-4-8-20)28-18-25(22-13-14-23-24(17-22)32-19-31-23)33-27(30)16-12-21-9-5-2-6-10-21/h1-17,25H,18-19H2,(H,28,29)/t25-/m1/s1. The fourth-order valence-electron chi connectivity index (χ4n) is 3.24. The highest BCUT2D eigenvalue weighted by Gasteiger charge is 2.21. The predicted molar refractivity (Wildman–Crippen MR) is 125 cm³/mol. The normalized spacial score (nSPS) is 13.2. The van der Waals surface area contributed by atoms with Gasteiger partial charge in [-0.1, -0.05) is 66.7 Å². The number of carbonyl (C=O) groups is 2. The van der Waals surface area contributed by atoms with Crippen molar-refractivity contribution < 1.29 is 23.8 Å². The fourth-order valence-corrected chi connectivity index (χ4v) is 3.24. The van der Waals surface area contributed by atoms with Crippen molar-refractivity contribution in [2.24, 2.45) is 0 Å². The topological polar surface area (TPSA) is 73.9 Å². The lowest BCUT2D eigenvalue weighted by molar-refractivity contribution is -0.143. The number of amides is 1. The molecule has 0 spiro atoms. The summed E-state index contributed by atoms with van der Waals surface area (Å²) in [5.74, 6) is 0.391. The highest BCUT2D eigenvalue weighted by molar-refractivity contribution is 5.91. The van der Waals surface area contributed by atoms with Crippen molar-refractivity contribution in [1.82, 2.24) is 5.32 Å². The Bertz CT molecular complexity index is 1160. The summed E-state index contributed by atoms with van der Waals surface area (Å²) in [5.41, 5.74) is 2.49. The predicted octanol–water partition coefficient (Wildman–Crippen LogP) is 4.54. The molecule has 3 aromatic carbocycles. The van der Waals surface area contributed by atoms with E-state index in [0.717, 1.165) is 11.1 Å². The molecule has 1 N–H and O–H groups in total. The van der Waals surface area contributed by atoms with Gasteiger partial charge in [-0.2, -0.15) is 0 Å². The van der Waals surface area contributed by atoms with E-state index < -0.39 is 12.1 Å². The maximum atomic E-state index is 12.5. The maximum absolute atomic E-state index is 12.5. The van der Waals surface area contributed by atoms with Crippen LogP contribution in [0.2, 0.25) is 0 Å². The number of nitrogens with one attached hydrogen (secondary N) is 1. The maximum Gasteiger partial charge on any atom is 0.331 e. The Morgan fingerprint density at radius 3 is 2.18 bits per heavy atom. The first-order valence-corrected chi connectivity index (χ1v) is 10.5. The third-order valence-corrected chi connectivity index (χ3v) is 4.93. The van der Waals surface area contributed by atoms with Crippen molar-refractivity contribution in [2.75, 3.05) is 13.3 Å². The van der Waals surface area contributed by atoms with Crippen LogP contribution in [0.3, 0.4) is 0 Å². The number of fused-ring (bicyclic) bond motifs is 1. The molecule has 0 fully saturated rings. The largest absolute Gasteiger partial charge is 0.454 e. The van der Waals surface area contributed by atoms with Crippen LogP contribution in [0, 0.1) is 0 Å². The molecule has 0 aromatic heterocycles. The molecule has 1 atom stereocenters. The van der Waals surface area contributed by atoms with Crippen LogP contribution in [0.25, 0.3) is 12.2 Å². The smallest absolute Gasteiger partial charge is 0.331 e. The molecule has 0 aliphatic carbocycles. The molecule has 33 heavy (non-hydrogen) atoms. The molecule has 166 valence electrons. The Kier molecular flexibility index (Phi) is 7.18. The molecule has 1 heterocycles. The Balaban J connectivity index is 1.44. The Hall–Kier alpha value is -4.32. The van der Waals surface area contributed by atoms with Crippen molar-refractivity contribution in [2.45, 2.75) is 6.10 Å². The van der Waals surface area contributed by atoms with Gasteiger partial charge in [-0.05, 0) is 41.0 Å². The van der Waals surface area contributed by atoms with E-state index in [1.165, 1.54) is 12.2 Å². The van der Waals surface area contributed by atoms with Crippen LogP contribution in [0.15, 0.2) is 91.0 Å². The molecule has 3 aromatic rings. The van der Waals surface area contributed by atoms with Crippen molar-refractivity contribution >= 4 is 24.0 Å². The first kappa shape index (κ1) is 21.9. The number of hydrogen-bond acceptors (Lipinski definition) is 5.